The first-order valence-corrected chi connectivity index (χ1v) is 7.25. The first-order valence-electron chi connectivity index (χ1n) is 6.87. The molecule has 0 unspecified atom stereocenters. The zero-order chi connectivity index (χ0) is 15.5. The fourth-order valence-electron chi connectivity index (χ4n) is 2.13. The predicted octanol–water partition coefficient (Wildman–Crippen LogP) is 3.18. The highest BCUT2D eigenvalue weighted by atomic mass is 35.5. The third kappa shape index (κ3) is 2.88. The smallest absolute Gasteiger partial charge is 0.165 e. The molecule has 7 heteroatoms. The lowest BCUT2D eigenvalue weighted by Gasteiger charge is -2.08. The third-order valence-corrected chi connectivity index (χ3v) is 3.78. The monoisotopic (exact) mass is 317 g/mol. The van der Waals surface area contributed by atoms with E-state index in [2.05, 4.69) is 20.3 Å². The minimum Gasteiger partial charge on any atom is -0.383 e. The molecule has 0 atom stereocenters. The normalized spacial score (nSPS) is 11.0. The number of hydrogen-bond acceptors (Lipinski definition) is 5. The molecule has 0 saturated heterocycles. The van der Waals surface area contributed by atoms with Gasteiger partial charge < -0.3 is 14.6 Å². The van der Waals surface area contributed by atoms with Gasteiger partial charge in [-0.15, -0.1) is 0 Å². The molecule has 3 aromatic rings. The molecule has 1 N–H and O–H groups in total. The molecule has 114 valence electrons. The van der Waals surface area contributed by atoms with Crippen LogP contribution in [0.4, 0.5) is 11.5 Å². The van der Waals surface area contributed by atoms with Gasteiger partial charge in [0.05, 0.1) is 12.9 Å². The average Bonchev–Trinajstić information content (AvgIpc) is 2.93. The van der Waals surface area contributed by atoms with E-state index < -0.39 is 0 Å². The van der Waals surface area contributed by atoms with E-state index in [0.29, 0.717) is 24.0 Å². The number of hydrogen-bond donors (Lipinski definition) is 1. The van der Waals surface area contributed by atoms with Crippen LogP contribution in [0.5, 0.6) is 0 Å². The number of fused-ring (bicyclic) bond motifs is 1. The highest BCUT2D eigenvalue weighted by Crippen LogP contribution is 2.25. The van der Waals surface area contributed by atoms with Crippen molar-refractivity contribution >= 4 is 34.3 Å². The SMILES string of the molecule is COCCn1cnc2c(Nc3ccc(C)c(Cl)c3)ncnc21. The van der Waals surface area contributed by atoms with Gasteiger partial charge in [0.15, 0.2) is 17.0 Å². The molecule has 2 heterocycles. The number of ether oxygens (including phenoxy) is 1. The molecule has 0 fully saturated rings. The van der Waals surface area contributed by atoms with Gasteiger partial charge in [0.1, 0.15) is 6.33 Å². The Balaban J connectivity index is 1.93. The van der Waals surface area contributed by atoms with E-state index in [0.717, 1.165) is 22.4 Å². The van der Waals surface area contributed by atoms with Gasteiger partial charge in [0.25, 0.3) is 0 Å². The van der Waals surface area contributed by atoms with Gasteiger partial charge in [-0.1, -0.05) is 17.7 Å². The van der Waals surface area contributed by atoms with Gasteiger partial charge in [-0.2, -0.15) is 0 Å². The van der Waals surface area contributed by atoms with E-state index in [1.165, 1.54) is 6.33 Å². The zero-order valence-electron chi connectivity index (χ0n) is 12.4. The Hall–Kier alpha value is -2.18. The van der Waals surface area contributed by atoms with E-state index >= 15 is 0 Å². The molecule has 0 saturated carbocycles. The number of imidazole rings is 1. The maximum Gasteiger partial charge on any atom is 0.165 e. The average molecular weight is 318 g/mol. The second-order valence-electron chi connectivity index (χ2n) is 4.91. The standard InChI is InChI=1S/C15H16ClN5O/c1-10-3-4-11(7-12(10)16)20-14-13-15(18-8-17-14)21(9-19-13)5-6-22-2/h3-4,7-9H,5-6H2,1-2H3,(H,17,18,20). The number of benzene rings is 1. The van der Waals surface area contributed by atoms with E-state index in [-0.39, 0.29) is 0 Å². The van der Waals surface area contributed by atoms with Crippen molar-refractivity contribution in [1.82, 2.24) is 19.5 Å². The predicted molar refractivity (Wildman–Crippen MR) is 86.7 cm³/mol. The van der Waals surface area contributed by atoms with Crippen LogP contribution in [-0.4, -0.2) is 33.2 Å². The fraction of sp³-hybridized carbons (Fsp3) is 0.267. The second-order valence-corrected chi connectivity index (χ2v) is 5.32. The Morgan fingerprint density at radius 3 is 2.91 bits per heavy atom. The molecule has 0 bridgehead atoms. The van der Waals surface area contributed by atoms with Gasteiger partial charge >= 0.3 is 0 Å². The number of methoxy groups -OCH3 is 1. The van der Waals surface area contributed by atoms with Crippen LogP contribution in [0.1, 0.15) is 5.56 Å². The minimum atomic E-state index is 0.603. The summed E-state index contributed by atoms with van der Waals surface area (Å²) in [5.74, 6) is 0.654. The molecule has 1 aromatic carbocycles. The summed E-state index contributed by atoms with van der Waals surface area (Å²) >= 11 is 6.15. The van der Waals surface area contributed by atoms with Crippen LogP contribution >= 0.6 is 11.6 Å². The molecule has 2 aromatic heterocycles. The largest absolute Gasteiger partial charge is 0.383 e. The minimum absolute atomic E-state index is 0.603. The van der Waals surface area contributed by atoms with Gasteiger partial charge in [0, 0.05) is 24.4 Å². The molecular formula is C15H16ClN5O. The van der Waals surface area contributed by atoms with Crippen molar-refractivity contribution in [3.8, 4) is 0 Å². The number of halogens is 1. The van der Waals surface area contributed by atoms with E-state index in [4.69, 9.17) is 16.3 Å². The molecule has 6 nitrogen and oxygen atoms in total. The summed E-state index contributed by atoms with van der Waals surface area (Å²) in [6.45, 7) is 3.26. The molecule has 0 spiro atoms. The van der Waals surface area contributed by atoms with Crippen LogP contribution in [-0.2, 0) is 11.3 Å². The number of anilines is 2. The Morgan fingerprint density at radius 2 is 2.14 bits per heavy atom. The number of rotatable bonds is 5. The summed E-state index contributed by atoms with van der Waals surface area (Å²) < 4.78 is 7.03. The van der Waals surface area contributed by atoms with Crippen molar-refractivity contribution in [2.24, 2.45) is 0 Å². The van der Waals surface area contributed by atoms with Crippen molar-refractivity contribution in [2.45, 2.75) is 13.5 Å². The van der Waals surface area contributed by atoms with Gasteiger partial charge in [-0.05, 0) is 24.6 Å². The van der Waals surface area contributed by atoms with Crippen molar-refractivity contribution in [3.63, 3.8) is 0 Å². The second kappa shape index (κ2) is 6.29. The van der Waals surface area contributed by atoms with Crippen LogP contribution < -0.4 is 5.32 Å². The van der Waals surface area contributed by atoms with Crippen molar-refractivity contribution in [3.05, 3.63) is 41.4 Å². The summed E-state index contributed by atoms with van der Waals surface area (Å²) in [5, 5.41) is 3.95. The Kier molecular flexibility index (Phi) is 4.22. The van der Waals surface area contributed by atoms with Crippen LogP contribution in [0.3, 0.4) is 0 Å². The lowest BCUT2D eigenvalue weighted by atomic mass is 10.2. The van der Waals surface area contributed by atoms with E-state index in [9.17, 15) is 0 Å². The topological polar surface area (TPSA) is 64.9 Å². The molecule has 0 aliphatic rings. The van der Waals surface area contributed by atoms with Crippen molar-refractivity contribution in [1.29, 1.82) is 0 Å². The number of aryl methyl sites for hydroxylation is 1. The molecule has 0 radical (unpaired) electrons. The summed E-state index contributed by atoms with van der Waals surface area (Å²) in [6, 6.07) is 5.78. The number of nitrogens with zero attached hydrogens (tertiary/aromatic N) is 4. The third-order valence-electron chi connectivity index (χ3n) is 3.37. The number of nitrogens with one attached hydrogen (secondary N) is 1. The van der Waals surface area contributed by atoms with Crippen LogP contribution in [0.25, 0.3) is 11.2 Å². The van der Waals surface area contributed by atoms with Gasteiger partial charge in [0.2, 0.25) is 0 Å². The van der Waals surface area contributed by atoms with E-state index in [1.807, 2.05) is 29.7 Å². The molecular weight excluding hydrogens is 302 g/mol. The van der Waals surface area contributed by atoms with Crippen LogP contribution in [0, 0.1) is 6.92 Å². The Labute approximate surface area is 133 Å². The fourth-order valence-corrected chi connectivity index (χ4v) is 2.31. The van der Waals surface area contributed by atoms with E-state index in [1.54, 1.807) is 13.4 Å². The van der Waals surface area contributed by atoms with Crippen molar-refractivity contribution < 1.29 is 4.74 Å². The van der Waals surface area contributed by atoms with Crippen LogP contribution in [0.15, 0.2) is 30.9 Å². The summed E-state index contributed by atoms with van der Waals surface area (Å²) in [7, 11) is 1.67. The zero-order valence-corrected chi connectivity index (χ0v) is 13.1. The van der Waals surface area contributed by atoms with Crippen LogP contribution in [0.2, 0.25) is 5.02 Å². The maximum absolute atomic E-state index is 6.15. The highest BCUT2D eigenvalue weighted by Gasteiger charge is 2.10. The quantitative estimate of drug-likeness (QED) is 0.783. The molecule has 3 rings (SSSR count). The summed E-state index contributed by atoms with van der Waals surface area (Å²) in [4.78, 5) is 13.0. The first-order chi connectivity index (χ1) is 10.7. The van der Waals surface area contributed by atoms with Gasteiger partial charge in [-0.25, -0.2) is 15.0 Å². The Bertz CT molecular complexity index is 802. The molecule has 0 aliphatic carbocycles. The number of aromatic nitrogens is 4. The lowest BCUT2D eigenvalue weighted by Crippen LogP contribution is -2.04. The van der Waals surface area contributed by atoms with Gasteiger partial charge in [-0.3, -0.25) is 0 Å². The summed E-state index contributed by atoms with van der Waals surface area (Å²) in [6.07, 6.45) is 3.26. The molecule has 0 aliphatic heterocycles. The highest BCUT2D eigenvalue weighted by molar-refractivity contribution is 6.31. The lowest BCUT2D eigenvalue weighted by molar-refractivity contribution is 0.188. The molecule has 0 amide bonds. The first kappa shape index (κ1) is 14.7. The molecule has 22 heavy (non-hydrogen) atoms. The summed E-state index contributed by atoms with van der Waals surface area (Å²) in [5.41, 5.74) is 3.38. The van der Waals surface area contributed by atoms with Crippen molar-refractivity contribution in [2.75, 3.05) is 19.0 Å². The maximum atomic E-state index is 6.15. The Morgan fingerprint density at radius 1 is 1.27 bits per heavy atom.